The summed E-state index contributed by atoms with van der Waals surface area (Å²) >= 11 is 0. The van der Waals surface area contributed by atoms with E-state index in [4.69, 9.17) is 5.11 Å². The summed E-state index contributed by atoms with van der Waals surface area (Å²) in [6.07, 6.45) is -0.159. The number of carboxylic acids is 1. The molecule has 0 aliphatic heterocycles. The van der Waals surface area contributed by atoms with Gasteiger partial charge in [-0.05, 0) is 42.8 Å². The fraction of sp³-hybridized carbons (Fsp3) is 0.222. The molecule has 0 aliphatic carbocycles. The van der Waals surface area contributed by atoms with Crippen molar-refractivity contribution >= 4 is 19.0 Å². The zero-order valence-electron chi connectivity index (χ0n) is 14.7. The summed E-state index contributed by atoms with van der Waals surface area (Å²) in [4.78, 5) is 23.5. The molecular formula is C18H21BN2O6. The van der Waals surface area contributed by atoms with Crippen LogP contribution in [0.5, 0.6) is 5.75 Å². The molecule has 6 N–H and O–H groups in total. The summed E-state index contributed by atoms with van der Waals surface area (Å²) in [5, 5.41) is 43.8. The molecule has 2 rings (SSSR count). The fourth-order valence-corrected chi connectivity index (χ4v) is 2.63. The molecule has 8 nitrogen and oxygen atoms in total. The molecule has 0 saturated carbocycles. The molecule has 2 aromatic rings. The molecule has 0 radical (unpaired) electrons. The number of benzene rings is 2. The van der Waals surface area contributed by atoms with Gasteiger partial charge < -0.3 is 30.9 Å². The summed E-state index contributed by atoms with van der Waals surface area (Å²) in [6, 6.07) is 10.9. The van der Waals surface area contributed by atoms with Crippen molar-refractivity contribution in [3.8, 4) is 5.75 Å². The highest BCUT2D eigenvalue weighted by atomic mass is 16.4. The third-order valence-corrected chi connectivity index (χ3v) is 4.06. The zero-order chi connectivity index (χ0) is 20.0. The van der Waals surface area contributed by atoms with Crippen LogP contribution < -0.4 is 10.6 Å². The minimum atomic E-state index is -1.90. The highest BCUT2D eigenvalue weighted by Crippen LogP contribution is 2.24. The Kier molecular flexibility index (Phi) is 6.94. The van der Waals surface area contributed by atoms with Gasteiger partial charge in [0, 0.05) is 12.1 Å². The smallest absolute Gasteiger partial charge is 0.475 e. The van der Waals surface area contributed by atoms with E-state index in [1.54, 1.807) is 24.3 Å². The lowest BCUT2D eigenvalue weighted by atomic mass is 9.75. The van der Waals surface area contributed by atoms with Crippen molar-refractivity contribution in [3.05, 3.63) is 64.7 Å². The average molecular weight is 372 g/mol. The summed E-state index contributed by atoms with van der Waals surface area (Å²) in [6.45, 7) is 0.652. The van der Waals surface area contributed by atoms with Gasteiger partial charge in [0.05, 0.1) is 5.94 Å². The number of rotatable bonds is 8. The minimum Gasteiger partial charge on any atom is -0.507 e. The Morgan fingerprint density at radius 2 is 1.78 bits per heavy atom. The van der Waals surface area contributed by atoms with Crippen LogP contribution in [0.25, 0.3) is 0 Å². The van der Waals surface area contributed by atoms with E-state index in [9.17, 15) is 24.7 Å². The van der Waals surface area contributed by atoms with E-state index in [-0.39, 0.29) is 17.5 Å². The van der Waals surface area contributed by atoms with Gasteiger partial charge >= 0.3 is 13.1 Å². The number of aromatic carboxylic acids is 1. The Bertz CT molecular complexity index is 810. The third kappa shape index (κ3) is 5.30. The van der Waals surface area contributed by atoms with Crippen LogP contribution in [0.2, 0.25) is 0 Å². The van der Waals surface area contributed by atoms with Crippen LogP contribution in [0, 0.1) is 0 Å². The Hall–Kier alpha value is -2.88. The maximum absolute atomic E-state index is 12.4. The van der Waals surface area contributed by atoms with E-state index >= 15 is 0 Å². The van der Waals surface area contributed by atoms with Gasteiger partial charge in [-0.15, -0.1) is 0 Å². The second-order valence-electron chi connectivity index (χ2n) is 6.04. The van der Waals surface area contributed by atoms with Crippen molar-refractivity contribution in [2.24, 2.45) is 0 Å². The van der Waals surface area contributed by atoms with Crippen molar-refractivity contribution in [2.45, 2.75) is 18.9 Å². The molecule has 0 fully saturated rings. The van der Waals surface area contributed by atoms with Crippen molar-refractivity contribution in [2.75, 3.05) is 7.05 Å². The van der Waals surface area contributed by atoms with Crippen LogP contribution in [-0.2, 0) is 13.0 Å². The molecule has 0 aromatic heterocycles. The van der Waals surface area contributed by atoms with E-state index in [2.05, 4.69) is 10.6 Å². The molecule has 0 spiro atoms. The van der Waals surface area contributed by atoms with Crippen molar-refractivity contribution in [1.29, 1.82) is 0 Å². The first-order valence-corrected chi connectivity index (χ1v) is 8.28. The van der Waals surface area contributed by atoms with E-state index in [1.807, 2.05) is 7.05 Å². The maximum atomic E-state index is 12.4. The largest absolute Gasteiger partial charge is 0.507 e. The molecule has 0 unspecified atom stereocenters. The van der Waals surface area contributed by atoms with Crippen LogP contribution in [0.4, 0.5) is 0 Å². The van der Waals surface area contributed by atoms with Gasteiger partial charge in [0.25, 0.3) is 5.91 Å². The Labute approximate surface area is 156 Å². The monoisotopic (exact) mass is 372 g/mol. The number of hydrogen-bond acceptors (Lipinski definition) is 6. The summed E-state index contributed by atoms with van der Waals surface area (Å²) in [5.41, 5.74) is 1.20. The molecular weight excluding hydrogens is 351 g/mol. The first kappa shape index (κ1) is 20.4. The number of phenols is 1. The van der Waals surface area contributed by atoms with E-state index < -0.39 is 30.7 Å². The van der Waals surface area contributed by atoms with E-state index in [1.165, 1.54) is 18.2 Å². The molecule has 0 heterocycles. The third-order valence-electron chi connectivity index (χ3n) is 4.06. The lowest BCUT2D eigenvalue weighted by Crippen LogP contribution is -2.47. The van der Waals surface area contributed by atoms with Crippen molar-refractivity contribution in [1.82, 2.24) is 10.6 Å². The molecule has 1 amide bonds. The van der Waals surface area contributed by atoms with Gasteiger partial charge in [-0.25, -0.2) is 4.79 Å². The standard InChI is InChI=1S/C18H21BN2O6/c1-20-10-11-5-7-12(8-6-11)17(23)21-15(19(26)27)9-13-3-2-4-14(16(13)22)18(24)25/h2-8,15,20,22,26-27H,9-10H2,1H3,(H,21,23)(H,24,25)/t15-/m0/s1. The number of aromatic hydroxyl groups is 1. The summed E-state index contributed by atoms with van der Waals surface area (Å²) < 4.78 is 0. The Morgan fingerprint density at radius 1 is 1.11 bits per heavy atom. The molecule has 9 heteroatoms. The molecule has 0 bridgehead atoms. The molecule has 27 heavy (non-hydrogen) atoms. The highest BCUT2D eigenvalue weighted by Gasteiger charge is 2.28. The van der Waals surface area contributed by atoms with Crippen LogP contribution in [0.3, 0.4) is 0 Å². The number of carbonyl (C=O) groups excluding carboxylic acids is 1. The molecule has 1 atom stereocenters. The second kappa shape index (κ2) is 9.18. The summed E-state index contributed by atoms with van der Waals surface area (Å²) in [7, 11) is -0.0896. The van der Waals surface area contributed by atoms with Gasteiger partial charge in [-0.3, -0.25) is 4.79 Å². The summed E-state index contributed by atoms with van der Waals surface area (Å²) in [5.74, 6) is -3.43. The first-order chi connectivity index (χ1) is 12.8. The SMILES string of the molecule is CNCc1ccc(C(=O)N[C@@H](Cc2cccc(C(=O)O)c2O)B(O)O)cc1. The average Bonchev–Trinajstić information content (AvgIpc) is 2.63. The van der Waals surface area contributed by atoms with Gasteiger partial charge in [0.15, 0.2) is 0 Å². The first-order valence-electron chi connectivity index (χ1n) is 8.28. The topological polar surface area (TPSA) is 139 Å². The number of para-hydroxylation sites is 1. The Balaban J connectivity index is 2.15. The molecule has 0 aliphatic rings. The minimum absolute atomic E-state index is 0.159. The maximum Gasteiger partial charge on any atom is 0.475 e. The number of nitrogens with one attached hydrogen (secondary N) is 2. The number of carboxylic acid groups (broad SMARTS) is 1. The van der Waals surface area contributed by atoms with E-state index in [0.29, 0.717) is 12.1 Å². The number of amides is 1. The second-order valence-corrected chi connectivity index (χ2v) is 6.04. The normalized spacial score (nSPS) is 11.7. The highest BCUT2D eigenvalue weighted by molar-refractivity contribution is 6.43. The predicted octanol–water partition coefficient (Wildman–Crippen LogP) is 0.163. The van der Waals surface area contributed by atoms with Gasteiger partial charge in [0.2, 0.25) is 0 Å². The zero-order valence-corrected chi connectivity index (χ0v) is 14.7. The van der Waals surface area contributed by atoms with Gasteiger partial charge in [0.1, 0.15) is 11.3 Å². The van der Waals surface area contributed by atoms with Crippen LogP contribution in [0.1, 0.15) is 31.8 Å². The molecule has 142 valence electrons. The number of carbonyl (C=O) groups is 2. The lowest BCUT2D eigenvalue weighted by Gasteiger charge is -2.19. The van der Waals surface area contributed by atoms with Gasteiger partial charge in [-0.2, -0.15) is 0 Å². The molecule has 0 saturated heterocycles. The predicted molar refractivity (Wildman–Crippen MR) is 99.4 cm³/mol. The van der Waals surface area contributed by atoms with Gasteiger partial charge in [-0.1, -0.05) is 24.3 Å². The van der Waals surface area contributed by atoms with Crippen LogP contribution in [0.15, 0.2) is 42.5 Å². The van der Waals surface area contributed by atoms with Crippen LogP contribution >= 0.6 is 0 Å². The van der Waals surface area contributed by atoms with E-state index in [0.717, 1.165) is 5.56 Å². The lowest BCUT2D eigenvalue weighted by molar-refractivity contribution is 0.0693. The van der Waals surface area contributed by atoms with Crippen LogP contribution in [-0.4, -0.2) is 52.2 Å². The number of hydrogen-bond donors (Lipinski definition) is 6. The Morgan fingerprint density at radius 3 is 2.33 bits per heavy atom. The van der Waals surface area contributed by atoms with Crippen molar-refractivity contribution < 1.29 is 29.9 Å². The quantitative estimate of drug-likeness (QED) is 0.363. The van der Waals surface area contributed by atoms with Crippen molar-refractivity contribution in [3.63, 3.8) is 0 Å². The molecule has 2 aromatic carbocycles. The fourth-order valence-electron chi connectivity index (χ4n) is 2.63.